The number of ether oxygens (including phenoxy) is 2. The van der Waals surface area contributed by atoms with Crippen LogP contribution in [0.3, 0.4) is 0 Å². The fourth-order valence-electron chi connectivity index (χ4n) is 3.11. The lowest BCUT2D eigenvalue weighted by molar-refractivity contribution is 0.0732. The van der Waals surface area contributed by atoms with Crippen LogP contribution in [0, 0.1) is 5.82 Å². The number of hydrogen-bond donors (Lipinski definition) is 1. The van der Waals surface area contributed by atoms with Crippen LogP contribution in [0.5, 0.6) is 11.5 Å². The number of carbonyl (C=O) groups excluding carboxylic acids is 3. The first-order valence-corrected chi connectivity index (χ1v) is 10.8. The normalized spacial score (nSPS) is 10.6. The maximum atomic E-state index is 13.8. The number of halogens is 1. The summed E-state index contributed by atoms with van der Waals surface area (Å²) < 4.78 is 24.8. The molecule has 0 aromatic heterocycles. The highest BCUT2D eigenvalue weighted by Crippen LogP contribution is 2.26. The Morgan fingerprint density at radius 1 is 0.722 bits per heavy atom. The van der Waals surface area contributed by atoms with Gasteiger partial charge in [-0.2, -0.15) is 5.10 Å². The van der Waals surface area contributed by atoms with Crippen LogP contribution in [0.4, 0.5) is 4.39 Å². The van der Waals surface area contributed by atoms with Crippen LogP contribution in [-0.2, 0) is 0 Å². The van der Waals surface area contributed by atoms with Gasteiger partial charge in [0.15, 0.2) is 0 Å². The van der Waals surface area contributed by atoms with Gasteiger partial charge in [-0.1, -0.05) is 48.5 Å². The average molecular weight is 482 g/mol. The van der Waals surface area contributed by atoms with E-state index in [-0.39, 0.29) is 17.1 Å². The van der Waals surface area contributed by atoms with Crippen LogP contribution in [-0.4, -0.2) is 24.1 Å². The van der Waals surface area contributed by atoms with Crippen LogP contribution in [0.1, 0.15) is 36.6 Å². The fraction of sp³-hybridized carbons (Fsp3) is 0. The third-order valence-electron chi connectivity index (χ3n) is 4.91. The van der Waals surface area contributed by atoms with Crippen LogP contribution < -0.4 is 14.9 Å². The van der Waals surface area contributed by atoms with Crippen molar-refractivity contribution in [2.75, 3.05) is 0 Å². The second kappa shape index (κ2) is 11.3. The van der Waals surface area contributed by atoms with Crippen molar-refractivity contribution in [3.8, 4) is 11.5 Å². The van der Waals surface area contributed by atoms with Crippen molar-refractivity contribution in [1.29, 1.82) is 0 Å². The highest BCUT2D eigenvalue weighted by atomic mass is 19.1. The molecule has 0 saturated carbocycles. The molecule has 0 unspecified atom stereocenters. The molecule has 8 heteroatoms. The molecule has 7 nitrogen and oxygen atoms in total. The van der Waals surface area contributed by atoms with Gasteiger partial charge in [0.05, 0.1) is 22.9 Å². The van der Waals surface area contributed by atoms with Gasteiger partial charge >= 0.3 is 11.9 Å². The smallest absolute Gasteiger partial charge is 0.343 e. The van der Waals surface area contributed by atoms with E-state index in [1.54, 1.807) is 60.7 Å². The molecule has 0 atom stereocenters. The lowest BCUT2D eigenvalue weighted by Crippen LogP contribution is -2.19. The van der Waals surface area contributed by atoms with Gasteiger partial charge in [0.25, 0.3) is 5.91 Å². The first kappa shape index (κ1) is 24.0. The van der Waals surface area contributed by atoms with Crippen LogP contribution in [0.2, 0.25) is 0 Å². The summed E-state index contributed by atoms with van der Waals surface area (Å²) in [6.07, 6.45) is 1.23. The maximum Gasteiger partial charge on any atom is 0.343 e. The highest BCUT2D eigenvalue weighted by Gasteiger charge is 2.15. The van der Waals surface area contributed by atoms with Crippen LogP contribution in [0.15, 0.2) is 108 Å². The second-order valence-corrected chi connectivity index (χ2v) is 7.39. The number of carbonyl (C=O) groups is 3. The number of nitrogens with zero attached hydrogens (tertiary/aromatic N) is 1. The molecule has 178 valence electrons. The van der Waals surface area contributed by atoms with Crippen molar-refractivity contribution in [2.24, 2.45) is 5.10 Å². The average Bonchev–Trinajstić information content (AvgIpc) is 2.91. The zero-order valence-corrected chi connectivity index (χ0v) is 18.8. The van der Waals surface area contributed by atoms with Gasteiger partial charge in [0, 0.05) is 11.6 Å². The number of esters is 2. The molecule has 4 rings (SSSR count). The van der Waals surface area contributed by atoms with E-state index in [1.807, 2.05) is 0 Å². The molecule has 0 heterocycles. The number of benzene rings is 4. The predicted molar refractivity (Wildman–Crippen MR) is 131 cm³/mol. The van der Waals surface area contributed by atoms with Crippen LogP contribution in [0.25, 0.3) is 0 Å². The Morgan fingerprint density at radius 3 is 1.94 bits per heavy atom. The van der Waals surface area contributed by atoms with Gasteiger partial charge in [0.1, 0.15) is 17.3 Å². The topological polar surface area (TPSA) is 94.1 Å². The lowest BCUT2D eigenvalue weighted by atomic mass is 10.2. The molecule has 4 aromatic rings. The minimum absolute atomic E-state index is 0.0334. The van der Waals surface area contributed by atoms with Crippen LogP contribution >= 0.6 is 0 Å². The Balaban J connectivity index is 1.56. The van der Waals surface area contributed by atoms with Crippen molar-refractivity contribution < 1.29 is 28.2 Å². The first-order chi connectivity index (χ1) is 17.5. The molecule has 0 fully saturated rings. The minimum atomic E-state index is -0.749. The van der Waals surface area contributed by atoms with Gasteiger partial charge in [0.2, 0.25) is 0 Å². The summed E-state index contributed by atoms with van der Waals surface area (Å²) in [6.45, 7) is 0. The molecule has 0 aliphatic carbocycles. The first-order valence-electron chi connectivity index (χ1n) is 10.8. The Kier molecular flexibility index (Phi) is 7.57. The Labute approximate surface area is 205 Å². The molecule has 4 aromatic carbocycles. The van der Waals surface area contributed by atoms with Crippen molar-refractivity contribution in [1.82, 2.24) is 5.43 Å². The van der Waals surface area contributed by atoms with E-state index >= 15 is 0 Å². The number of hydrogen-bond acceptors (Lipinski definition) is 6. The van der Waals surface area contributed by atoms with E-state index in [0.29, 0.717) is 16.7 Å². The molecule has 36 heavy (non-hydrogen) atoms. The Morgan fingerprint density at radius 2 is 1.31 bits per heavy atom. The van der Waals surface area contributed by atoms with Crippen molar-refractivity contribution in [2.45, 2.75) is 0 Å². The molecular formula is C28H19FN2O5. The van der Waals surface area contributed by atoms with Gasteiger partial charge in [-0.25, -0.2) is 19.4 Å². The summed E-state index contributed by atoms with van der Waals surface area (Å²) in [5, 5.41) is 3.85. The van der Waals surface area contributed by atoms with E-state index in [4.69, 9.17) is 9.47 Å². The Hall–Kier alpha value is -5.11. The molecule has 0 bridgehead atoms. The molecule has 1 amide bonds. The third kappa shape index (κ3) is 6.06. The van der Waals surface area contributed by atoms with E-state index in [0.717, 1.165) is 6.07 Å². The zero-order valence-electron chi connectivity index (χ0n) is 18.8. The predicted octanol–water partition coefficient (Wildman–Crippen LogP) is 5.03. The molecular weight excluding hydrogens is 463 g/mol. The molecule has 1 N–H and O–H groups in total. The number of hydrazone groups is 1. The molecule has 0 radical (unpaired) electrons. The molecule has 0 aliphatic heterocycles. The third-order valence-corrected chi connectivity index (χ3v) is 4.91. The van der Waals surface area contributed by atoms with E-state index in [2.05, 4.69) is 10.5 Å². The van der Waals surface area contributed by atoms with Gasteiger partial charge in [-0.15, -0.1) is 0 Å². The number of rotatable bonds is 7. The summed E-state index contributed by atoms with van der Waals surface area (Å²) in [7, 11) is 0. The minimum Gasteiger partial charge on any atom is -0.423 e. The fourth-order valence-corrected chi connectivity index (χ4v) is 3.11. The summed E-state index contributed by atoms with van der Waals surface area (Å²) in [5.74, 6) is -2.51. The van der Waals surface area contributed by atoms with Crippen molar-refractivity contribution in [3.05, 3.63) is 131 Å². The zero-order chi connectivity index (χ0) is 25.3. The van der Waals surface area contributed by atoms with Crippen molar-refractivity contribution >= 4 is 24.1 Å². The Bertz CT molecular complexity index is 1420. The molecule has 0 aliphatic rings. The standard InChI is InChI=1S/C28H19FN2O5/c29-24-14-8-7-13-23(24)26(32)31-30-18-21-15-16-22(35-27(33)19-9-3-1-4-10-19)17-25(21)36-28(34)20-11-5-2-6-12-20/h1-18H,(H,31,32)/b30-18-. The number of amides is 1. The summed E-state index contributed by atoms with van der Waals surface area (Å²) >= 11 is 0. The molecule has 0 spiro atoms. The lowest BCUT2D eigenvalue weighted by Gasteiger charge is -2.10. The largest absolute Gasteiger partial charge is 0.423 e. The SMILES string of the molecule is O=C(Oc1ccc(/C=N\NC(=O)c2ccccc2F)c(OC(=O)c2ccccc2)c1)c1ccccc1. The van der Waals surface area contributed by atoms with E-state index < -0.39 is 23.7 Å². The van der Waals surface area contributed by atoms with E-state index in [9.17, 15) is 18.8 Å². The highest BCUT2D eigenvalue weighted by molar-refractivity contribution is 5.96. The van der Waals surface area contributed by atoms with Crippen molar-refractivity contribution in [3.63, 3.8) is 0 Å². The van der Waals surface area contributed by atoms with Gasteiger partial charge < -0.3 is 9.47 Å². The summed E-state index contributed by atoms with van der Waals surface area (Å²) in [4.78, 5) is 37.3. The monoisotopic (exact) mass is 482 g/mol. The summed E-state index contributed by atoms with van der Waals surface area (Å²) in [6, 6.07) is 26.5. The molecule has 0 saturated heterocycles. The second-order valence-electron chi connectivity index (χ2n) is 7.39. The van der Waals surface area contributed by atoms with Gasteiger partial charge in [-0.3, -0.25) is 4.79 Å². The van der Waals surface area contributed by atoms with Gasteiger partial charge in [-0.05, 0) is 48.5 Å². The van der Waals surface area contributed by atoms with E-state index in [1.165, 1.54) is 42.6 Å². The quantitative estimate of drug-likeness (QED) is 0.173. The number of nitrogens with one attached hydrogen (secondary N) is 1. The maximum absolute atomic E-state index is 13.8. The summed E-state index contributed by atoms with van der Waals surface area (Å²) in [5.41, 5.74) is 3.01.